The van der Waals surface area contributed by atoms with Gasteiger partial charge in [-0.25, -0.2) is 0 Å². The van der Waals surface area contributed by atoms with Gasteiger partial charge in [-0.3, -0.25) is 4.98 Å². The summed E-state index contributed by atoms with van der Waals surface area (Å²) in [6.45, 7) is 1.49. The average Bonchev–Trinajstić information content (AvgIpc) is 2.26. The number of hydrogen-bond acceptors (Lipinski definition) is 4. The molecule has 1 heterocycles. The third-order valence-corrected chi connectivity index (χ3v) is 2.03. The molecule has 0 spiro atoms. The Bertz CT molecular complexity index is 279. The highest BCUT2D eigenvalue weighted by Gasteiger charge is 2.01. The standard InChI is InChI=1S/C10H16N2O2/c1-12(5-6-14-2)10-3-4-11-9(7-10)8-13/h3-4,7,13H,5-6,8H2,1-2H3. The van der Waals surface area contributed by atoms with Crippen molar-refractivity contribution in [3.63, 3.8) is 0 Å². The fourth-order valence-electron chi connectivity index (χ4n) is 1.15. The first-order chi connectivity index (χ1) is 6.77. The summed E-state index contributed by atoms with van der Waals surface area (Å²) in [4.78, 5) is 6.07. The first-order valence-electron chi connectivity index (χ1n) is 4.53. The zero-order valence-corrected chi connectivity index (χ0v) is 8.60. The zero-order valence-electron chi connectivity index (χ0n) is 8.60. The van der Waals surface area contributed by atoms with Crippen LogP contribution >= 0.6 is 0 Å². The number of hydrogen-bond donors (Lipinski definition) is 1. The molecule has 0 fully saturated rings. The van der Waals surface area contributed by atoms with Gasteiger partial charge in [0.25, 0.3) is 0 Å². The minimum absolute atomic E-state index is 0.0219. The van der Waals surface area contributed by atoms with Crippen LogP contribution in [0.4, 0.5) is 5.69 Å². The van der Waals surface area contributed by atoms with Crippen molar-refractivity contribution in [2.75, 3.05) is 32.2 Å². The van der Waals surface area contributed by atoms with E-state index in [1.165, 1.54) is 0 Å². The molecule has 0 saturated heterocycles. The fraction of sp³-hybridized carbons (Fsp3) is 0.500. The van der Waals surface area contributed by atoms with Crippen LogP contribution in [0.3, 0.4) is 0 Å². The average molecular weight is 196 g/mol. The Morgan fingerprint density at radius 1 is 1.57 bits per heavy atom. The number of aliphatic hydroxyl groups excluding tert-OH is 1. The molecule has 0 bridgehead atoms. The number of ether oxygens (including phenoxy) is 1. The lowest BCUT2D eigenvalue weighted by Gasteiger charge is -2.18. The molecule has 14 heavy (non-hydrogen) atoms. The molecule has 0 saturated carbocycles. The van der Waals surface area contributed by atoms with Crippen LogP contribution in [0, 0.1) is 0 Å². The van der Waals surface area contributed by atoms with Crippen LogP contribution in [0.25, 0.3) is 0 Å². The Morgan fingerprint density at radius 3 is 3.00 bits per heavy atom. The molecule has 78 valence electrons. The van der Waals surface area contributed by atoms with Crippen molar-refractivity contribution in [2.45, 2.75) is 6.61 Å². The summed E-state index contributed by atoms with van der Waals surface area (Å²) in [5.41, 5.74) is 1.73. The maximum absolute atomic E-state index is 8.91. The van der Waals surface area contributed by atoms with Crippen molar-refractivity contribution >= 4 is 5.69 Å². The van der Waals surface area contributed by atoms with E-state index in [1.807, 2.05) is 19.2 Å². The van der Waals surface area contributed by atoms with Gasteiger partial charge in [-0.2, -0.15) is 0 Å². The van der Waals surface area contributed by atoms with Gasteiger partial charge in [0, 0.05) is 32.6 Å². The first-order valence-corrected chi connectivity index (χ1v) is 4.53. The lowest BCUT2D eigenvalue weighted by Crippen LogP contribution is -2.22. The van der Waals surface area contributed by atoms with Gasteiger partial charge in [-0.05, 0) is 12.1 Å². The second-order valence-electron chi connectivity index (χ2n) is 3.08. The highest BCUT2D eigenvalue weighted by molar-refractivity contribution is 5.45. The summed E-state index contributed by atoms with van der Waals surface area (Å²) in [5, 5.41) is 8.91. The van der Waals surface area contributed by atoms with Gasteiger partial charge in [0.1, 0.15) is 0 Å². The van der Waals surface area contributed by atoms with E-state index in [4.69, 9.17) is 9.84 Å². The van der Waals surface area contributed by atoms with Crippen LogP contribution in [0.2, 0.25) is 0 Å². The SMILES string of the molecule is COCCN(C)c1ccnc(CO)c1. The smallest absolute Gasteiger partial charge is 0.0853 e. The lowest BCUT2D eigenvalue weighted by molar-refractivity contribution is 0.206. The molecule has 0 aliphatic carbocycles. The predicted octanol–water partition coefficient (Wildman–Crippen LogP) is 0.657. The maximum Gasteiger partial charge on any atom is 0.0853 e. The van der Waals surface area contributed by atoms with E-state index in [0.29, 0.717) is 12.3 Å². The molecule has 0 aliphatic heterocycles. The highest BCUT2D eigenvalue weighted by atomic mass is 16.5. The van der Waals surface area contributed by atoms with Gasteiger partial charge in [0.05, 0.1) is 18.9 Å². The van der Waals surface area contributed by atoms with Crippen LogP contribution < -0.4 is 4.90 Å². The van der Waals surface area contributed by atoms with E-state index in [9.17, 15) is 0 Å². The third-order valence-electron chi connectivity index (χ3n) is 2.03. The first kappa shape index (κ1) is 10.9. The number of methoxy groups -OCH3 is 1. The Kier molecular flexibility index (Phi) is 4.35. The molecule has 1 aromatic heterocycles. The molecule has 0 aromatic carbocycles. The number of nitrogens with zero attached hydrogens (tertiary/aromatic N) is 2. The summed E-state index contributed by atoms with van der Waals surface area (Å²) in [7, 11) is 3.66. The maximum atomic E-state index is 8.91. The van der Waals surface area contributed by atoms with Gasteiger partial charge in [0.2, 0.25) is 0 Å². The van der Waals surface area contributed by atoms with Crippen molar-refractivity contribution in [3.05, 3.63) is 24.0 Å². The van der Waals surface area contributed by atoms with Crippen LogP contribution in [-0.4, -0.2) is 37.4 Å². The van der Waals surface area contributed by atoms with Crippen molar-refractivity contribution in [2.24, 2.45) is 0 Å². The van der Waals surface area contributed by atoms with E-state index in [0.717, 1.165) is 12.2 Å². The molecule has 0 atom stereocenters. The number of likely N-dealkylation sites (N-methyl/N-ethyl adjacent to an activating group) is 1. The summed E-state index contributed by atoms with van der Waals surface area (Å²) in [6.07, 6.45) is 1.70. The molecule has 0 amide bonds. The van der Waals surface area contributed by atoms with Gasteiger partial charge in [0.15, 0.2) is 0 Å². The van der Waals surface area contributed by atoms with Gasteiger partial charge < -0.3 is 14.7 Å². The summed E-state index contributed by atoms with van der Waals surface area (Å²) in [6, 6.07) is 3.78. The largest absolute Gasteiger partial charge is 0.390 e. The number of rotatable bonds is 5. The number of aliphatic hydroxyl groups is 1. The van der Waals surface area contributed by atoms with E-state index in [2.05, 4.69) is 9.88 Å². The normalized spacial score (nSPS) is 10.2. The van der Waals surface area contributed by atoms with Crippen LogP contribution in [0.5, 0.6) is 0 Å². The second-order valence-corrected chi connectivity index (χ2v) is 3.08. The van der Waals surface area contributed by atoms with Crippen molar-refractivity contribution < 1.29 is 9.84 Å². The van der Waals surface area contributed by atoms with E-state index in [-0.39, 0.29) is 6.61 Å². The topological polar surface area (TPSA) is 45.6 Å². The highest BCUT2D eigenvalue weighted by Crippen LogP contribution is 2.12. The Morgan fingerprint density at radius 2 is 2.36 bits per heavy atom. The predicted molar refractivity (Wildman–Crippen MR) is 55.3 cm³/mol. The Labute approximate surface area is 84.1 Å². The fourth-order valence-corrected chi connectivity index (χ4v) is 1.15. The molecular weight excluding hydrogens is 180 g/mol. The lowest BCUT2D eigenvalue weighted by atomic mass is 10.3. The van der Waals surface area contributed by atoms with Gasteiger partial charge in [-0.15, -0.1) is 0 Å². The number of pyridine rings is 1. The molecule has 0 aliphatic rings. The van der Waals surface area contributed by atoms with Crippen LogP contribution in [-0.2, 0) is 11.3 Å². The number of anilines is 1. The van der Waals surface area contributed by atoms with Crippen molar-refractivity contribution in [1.82, 2.24) is 4.98 Å². The number of aromatic nitrogens is 1. The van der Waals surface area contributed by atoms with Crippen LogP contribution in [0.1, 0.15) is 5.69 Å². The van der Waals surface area contributed by atoms with Gasteiger partial charge >= 0.3 is 0 Å². The van der Waals surface area contributed by atoms with E-state index < -0.39 is 0 Å². The minimum atomic E-state index is -0.0219. The second kappa shape index (κ2) is 5.57. The summed E-state index contributed by atoms with van der Waals surface area (Å²) < 4.78 is 4.98. The van der Waals surface area contributed by atoms with Crippen molar-refractivity contribution in [3.8, 4) is 0 Å². The van der Waals surface area contributed by atoms with E-state index in [1.54, 1.807) is 13.3 Å². The Balaban J connectivity index is 2.64. The quantitative estimate of drug-likeness (QED) is 0.751. The Hall–Kier alpha value is -1.13. The molecule has 4 nitrogen and oxygen atoms in total. The van der Waals surface area contributed by atoms with Crippen LogP contribution in [0.15, 0.2) is 18.3 Å². The molecular formula is C10H16N2O2. The van der Waals surface area contributed by atoms with E-state index >= 15 is 0 Å². The molecule has 4 heteroatoms. The zero-order chi connectivity index (χ0) is 10.4. The molecule has 0 unspecified atom stereocenters. The summed E-state index contributed by atoms with van der Waals surface area (Å²) in [5.74, 6) is 0. The van der Waals surface area contributed by atoms with Gasteiger partial charge in [-0.1, -0.05) is 0 Å². The molecule has 1 rings (SSSR count). The third kappa shape index (κ3) is 2.97. The molecule has 0 radical (unpaired) electrons. The monoisotopic (exact) mass is 196 g/mol. The minimum Gasteiger partial charge on any atom is -0.390 e. The molecule has 1 N–H and O–H groups in total. The van der Waals surface area contributed by atoms with Crippen molar-refractivity contribution in [1.29, 1.82) is 0 Å². The summed E-state index contributed by atoms with van der Waals surface area (Å²) >= 11 is 0. The molecule has 1 aromatic rings.